The predicted octanol–water partition coefficient (Wildman–Crippen LogP) is 4.16. The maximum Gasteiger partial charge on any atom is 0.319 e. The van der Waals surface area contributed by atoms with Crippen LogP contribution in [0.2, 0.25) is 0 Å². The third kappa shape index (κ3) is 4.44. The van der Waals surface area contributed by atoms with Crippen LogP contribution in [0.25, 0.3) is 0 Å². The number of carbonyl (C=O) groups is 2. The molecule has 2 amide bonds. The Morgan fingerprint density at radius 2 is 1.81 bits per heavy atom. The molecule has 7 heteroatoms. The summed E-state index contributed by atoms with van der Waals surface area (Å²) in [6.07, 6.45) is 0. The summed E-state index contributed by atoms with van der Waals surface area (Å²) in [7, 11) is 0. The molecule has 0 heterocycles. The van der Waals surface area contributed by atoms with E-state index in [1.807, 2.05) is 19.9 Å². The second-order valence-electron chi connectivity index (χ2n) is 6.60. The lowest BCUT2D eigenvalue weighted by molar-refractivity contribution is -0.385. The molecule has 7 nitrogen and oxygen atoms in total. The van der Waals surface area contributed by atoms with Crippen molar-refractivity contribution in [2.75, 3.05) is 5.32 Å². The van der Waals surface area contributed by atoms with Crippen LogP contribution < -0.4 is 10.6 Å². The first-order valence-corrected chi connectivity index (χ1v) is 8.06. The van der Waals surface area contributed by atoms with Crippen molar-refractivity contribution >= 4 is 23.2 Å². The molecule has 2 rings (SSSR count). The number of nitrogens with zero attached hydrogens (tertiary/aromatic N) is 1. The van der Waals surface area contributed by atoms with Gasteiger partial charge < -0.3 is 10.6 Å². The minimum absolute atomic E-state index is 0.0564. The van der Waals surface area contributed by atoms with Crippen LogP contribution in [0.3, 0.4) is 0 Å². The van der Waals surface area contributed by atoms with Gasteiger partial charge in [0, 0.05) is 22.9 Å². The molecule has 0 aliphatic rings. The van der Waals surface area contributed by atoms with Gasteiger partial charge in [0.2, 0.25) is 0 Å². The molecule has 0 saturated heterocycles. The molecule has 0 atom stereocenters. The van der Waals surface area contributed by atoms with Crippen LogP contribution in [0, 0.1) is 17.0 Å². The van der Waals surface area contributed by atoms with Crippen LogP contribution >= 0.6 is 0 Å². The molecule has 0 unspecified atom stereocenters. The minimum Gasteiger partial charge on any atom is -0.329 e. The SMILES string of the molecule is CC(=O)c1cccc(C(C)(C)NC(=O)Nc2ccc(C)c([N+](=O)[O-])c2)c1. The minimum atomic E-state index is -0.744. The third-order valence-electron chi connectivity index (χ3n) is 4.08. The number of urea groups is 1. The van der Waals surface area contributed by atoms with E-state index in [1.165, 1.54) is 13.0 Å². The average molecular weight is 355 g/mol. The number of hydrogen-bond donors (Lipinski definition) is 2. The third-order valence-corrected chi connectivity index (χ3v) is 4.08. The van der Waals surface area contributed by atoms with E-state index < -0.39 is 16.5 Å². The first kappa shape index (κ1) is 19.1. The molecule has 0 aliphatic heterocycles. The molecular weight excluding hydrogens is 334 g/mol. The van der Waals surface area contributed by atoms with Crippen LogP contribution in [0.4, 0.5) is 16.2 Å². The topological polar surface area (TPSA) is 101 Å². The number of aryl methyl sites for hydroxylation is 1. The summed E-state index contributed by atoms with van der Waals surface area (Å²) >= 11 is 0. The van der Waals surface area contributed by atoms with Crippen molar-refractivity contribution in [3.05, 3.63) is 69.3 Å². The van der Waals surface area contributed by atoms with Crippen molar-refractivity contribution in [3.8, 4) is 0 Å². The highest BCUT2D eigenvalue weighted by Gasteiger charge is 2.24. The highest BCUT2D eigenvalue weighted by atomic mass is 16.6. The Hall–Kier alpha value is -3.22. The Balaban J connectivity index is 2.16. The molecule has 0 bridgehead atoms. The fraction of sp³-hybridized carbons (Fsp3) is 0.263. The van der Waals surface area contributed by atoms with E-state index in [9.17, 15) is 19.7 Å². The Morgan fingerprint density at radius 3 is 2.42 bits per heavy atom. The Morgan fingerprint density at radius 1 is 1.12 bits per heavy atom. The summed E-state index contributed by atoms with van der Waals surface area (Å²) in [6, 6.07) is 11.0. The number of anilines is 1. The van der Waals surface area contributed by atoms with Crippen LogP contribution in [-0.4, -0.2) is 16.7 Å². The number of hydrogen-bond acceptors (Lipinski definition) is 4. The normalized spacial score (nSPS) is 10.9. The highest BCUT2D eigenvalue weighted by molar-refractivity contribution is 5.94. The van der Waals surface area contributed by atoms with E-state index in [4.69, 9.17) is 0 Å². The zero-order valence-electron chi connectivity index (χ0n) is 15.1. The molecule has 0 fully saturated rings. The van der Waals surface area contributed by atoms with Crippen molar-refractivity contribution in [3.63, 3.8) is 0 Å². The standard InChI is InChI=1S/C19H21N3O4/c1-12-8-9-16(11-17(12)22(25)26)20-18(24)21-19(3,4)15-7-5-6-14(10-15)13(2)23/h5-11H,1-4H3,(H2,20,21,24). The van der Waals surface area contributed by atoms with E-state index >= 15 is 0 Å². The number of benzene rings is 2. The number of nitro benzene ring substituents is 1. The van der Waals surface area contributed by atoms with E-state index in [2.05, 4.69) is 10.6 Å². The summed E-state index contributed by atoms with van der Waals surface area (Å²) in [5.74, 6) is -0.0564. The van der Waals surface area contributed by atoms with Gasteiger partial charge in [-0.1, -0.05) is 24.3 Å². The summed E-state index contributed by atoms with van der Waals surface area (Å²) in [5.41, 5.74) is 1.38. The first-order chi connectivity index (χ1) is 12.1. The second-order valence-corrected chi connectivity index (χ2v) is 6.60. The van der Waals surface area contributed by atoms with Gasteiger partial charge in [-0.25, -0.2) is 4.79 Å². The quantitative estimate of drug-likeness (QED) is 0.477. The summed E-state index contributed by atoms with van der Waals surface area (Å²) in [5, 5.41) is 16.4. The number of rotatable bonds is 5. The number of Topliss-reactive ketones (excluding diaryl/α,β-unsaturated/α-hetero) is 1. The van der Waals surface area contributed by atoms with Gasteiger partial charge in [-0.2, -0.15) is 0 Å². The average Bonchev–Trinajstić information content (AvgIpc) is 2.56. The maximum absolute atomic E-state index is 12.3. The van der Waals surface area contributed by atoms with Crippen molar-refractivity contribution < 1.29 is 14.5 Å². The van der Waals surface area contributed by atoms with Gasteiger partial charge in [-0.15, -0.1) is 0 Å². The van der Waals surface area contributed by atoms with Gasteiger partial charge in [-0.3, -0.25) is 14.9 Å². The lowest BCUT2D eigenvalue weighted by atomic mass is 9.92. The molecule has 2 N–H and O–H groups in total. The lowest BCUT2D eigenvalue weighted by Crippen LogP contribution is -2.43. The molecule has 2 aromatic rings. The smallest absolute Gasteiger partial charge is 0.319 e. The summed E-state index contributed by atoms with van der Waals surface area (Å²) < 4.78 is 0. The molecule has 2 aromatic carbocycles. The van der Waals surface area contributed by atoms with Crippen LogP contribution in [0.1, 0.15) is 42.3 Å². The molecule has 136 valence electrons. The van der Waals surface area contributed by atoms with Gasteiger partial charge >= 0.3 is 6.03 Å². The largest absolute Gasteiger partial charge is 0.329 e. The zero-order chi connectivity index (χ0) is 19.5. The number of nitro groups is 1. The summed E-state index contributed by atoms with van der Waals surface area (Å²) in [6.45, 7) is 6.73. The molecule has 0 saturated carbocycles. The van der Waals surface area contributed by atoms with Crippen LogP contribution in [-0.2, 0) is 5.54 Å². The predicted molar refractivity (Wildman–Crippen MR) is 99.5 cm³/mol. The molecule has 0 aromatic heterocycles. The Labute approximate surface area is 151 Å². The first-order valence-electron chi connectivity index (χ1n) is 8.06. The maximum atomic E-state index is 12.3. The molecular formula is C19H21N3O4. The zero-order valence-corrected chi connectivity index (χ0v) is 15.1. The highest BCUT2D eigenvalue weighted by Crippen LogP contribution is 2.24. The monoisotopic (exact) mass is 355 g/mol. The van der Waals surface area contributed by atoms with Crippen LogP contribution in [0.5, 0.6) is 0 Å². The van der Waals surface area contributed by atoms with Gasteiger partial charge in [0.05, 0.1) is 10.5 Å². The number of ketones is 1. The van der Waals surface area contributed by atoms with E-state index in [-0.39, 0.29) is 11.5 Å². The van der Waals surface area contributed by atoms with Gasteiger partial charge in [0.1, 0.15) is 0 Å². The second kappa shape index (κ2) is 7.35. The number of carbonyl (C=O) groups excluding carboxylic acids is 2. The molecule has 26 heavy (non-hydrogen) atoms. The van der Waals surface area contributed by atoms with Crippen LogP contribution in [0.15, 0.2) is 42.5 Å². The van der Waals surface area contributed by atoms with E-state index in [0.29, 0.717) is 16.8 Å². The number of nitrogens with one attached hydrogen (secondary N) is 2. The summed E-state index contributed by atoms with van der Waals surface area (Å²) in [4.78, 5) is 34.4. The Kier molecular flexibility index (Phi) is 5.40. The van der Waals surface area contributed by atoms with Gasteiger partial charge in [-0.05, 0) is 45.4 Å². The van der Waals surface area contributed by atoms with E-state index in [1.54, 1.807) is 37.3 Å². The fourth-order valence-corrected chi connectivity index (χ4v) is 2.53. The number of amides is 2. The molecule has 0 spiro atoms. The van der Waals surface area contributed by atoms with Crippen molar-refractivity contribution in [2.24, 2.45) is 0 Å². The molecule has 0 radical (unpaired) electrons. The van der Waals surface area contributed by atoms with Gasteiger partial charge in [0.15, 0.2) is 5.78 Å². The molecule has 0 aliphatic carbocycles. The van der Waals surface area contributed by atoms with Gasteiger partial charge in [0.25, 0.3) is 5.69 Å². The fourth-order valence-electron chi connectivity index (χ4n) is 2.53. The van der Waals surface area contributed by atoms with E-state index in [0.717, 1.165) is 5.56 Å². The van der Waals surface area contributed by atoms with Crippen molar-refractivity contribution in [1.29, 1.82) is 0 Å². The van der Waals surface area contributed by atoms with Crippen molar-refractivity contribution in [1.82, 2.24) is 5.32 Å². The lowest BCUT2D eigenvalue weighted by Gasteiger charge is -2.27. The van der Waals surface area contributed by atoms with Crippen molar-refractivity contribution in [2.45, 2.75) is 33.2 Å². The Bertz CT molecular complexity index is 875.